The van der Waals surface area contributed by atoms with E-state index in [0.717, 1.165) is 19.5 Å². The van der Waals surface area contributed by atoms with Crippen LogP contribution in [0.1, 0.15) is 78.1 Å². The van der Waals surface area contributed by atoms with Crippen molar-refractivity contribution in [1.29, 1.82) is 0 Å². The van der Waals surface area contributed by atoms with Crippen LogP contribution in [0.25, 0.3) is 0 Å². The SMILES string of the molecule is CCCCCCCCCCCCN(O)CC.Cl. The molecule has 0 rings (SSSR count). The minimum absolute atomic E-state index is 0. The van der Waals surface area contributed by atoms with Crippen LogP contribution in [0.4, 0.5) is 0 Å². The van der Waals surface area contributed by atoms with E-state index in [4.69, 9.17) is 0 Å². The number of nitrogens with zero attached hydrogens (tertiary/aromatic N) is 1. The first kappa shape index (κ1) is 19.5. The van der Waals surface area contributed by atoms with E-state index in [9.17, 15) is 5.21 Å². The Hall–Kier alpha value is 0.210. The zero-order valence-corrected chi connectivity index (χ0v) is 12.6. The molecule has 0 aliphatic carbocycles. The van der Waals surface area contributed by atoms with E-state index >= 15 is 0 Å². The third-order valence-corrected chi connectivity index (χ3v) is 3.13. The maximum absolute atomic E-state index is 9.21. The van der Waals surface area contributed by atoms with Gasteiger partial charge in [-0.25, -0.2) is 0 Å². The van der Waals surface area contributed by atoms with Crippen LogP contribution in [-0.4, -0.2) is 23.4 Å². The van der Waals surface area contributed by atoms with Gasteiger partial charge in [0, 0.05) is 13.1 Å². The van der Waals surface area contributed by atoms with Gasteiger partial charge in [0.05, 0.1) is 0 Å². The van der Waals surface area contributed by atoms with E-state index in [-0.39, 0.29) is 12.4 Å². The van der Waals surface area contributed by atoms with Crippen LogP contribution < -0.4 is 0 Å². The van der Waals surface area contributed by atoms with Gasteiger partial charge < -0.3 is 5.21 Å². The minimum atomic E-state index is 0. The van der Waals surface area contributed by atoms with Gasteiger partial charge in [-0.15, -0.1) is 12.4 Å². The van der Waals surface area contributed by atoms with Gasteiger partial charge in [0.25, 0.3) is 0 Å². The molecule has 0 saturated heterocycles. The standard InChI is InChI=1S/C14H31NO.ClH/c1-3-5-6-7-8-9-10-11-12-13-14-15(16)4-2;/h16H,3-14H2,1-2H3;1H. The largest absolute Gasteiger partial charge is 0.314 e. The van der Waals surface area contributed by atoms with E-state index < -0.39 is 0 Å². The third kappa shape index (κ3) is 16.2. The lowest BCUT2D eigenvalue weighted by Crippen LogP contribution is -2.19. The molecule has 0 aromatic carbocycles. The summed E-state index contributed by atoms with van der Waals surface area (Å²) >= 11 is 0. The Morgan fingerprint density at radius 1 is 0.706 bits per heavy atom. The molecule has 0 aliphatic heterocycles. The highest BCUT2D eigenvalue weighted by Crippen LogP contribution is 2.10. The molecule has 17 heavy (non-hydrogen) atoms. The first-order chi connectivity index (χ1) is 7.81. The van der Waals surface area contributed by atoms with Crippen LogP contribution in [0.2, 0.25) is 0 Å². The van der Waals surface area contributed by atoms with Gasteiger partial charge in [0.2, 0.25) is 0 Å². The first-order valence-electron chi connectivity index (χ1n) is 7.25. The summed E-state index contributed by atoms with van der Waals surface area (Å²) in [6.45, 7) is 5.83. The fourth-order valence-corrected chi connectivity index (χ4v) is 1.94. The zero-order valence-electron chi connectivity index (χ0n) is 11.8. The lowest BCUT2D eigenvalue weighted by molar-refractivity contribution is -0.0869. The van der Waals surface area contributed by atoms with E-state index in [1.807, 2.05) is 6.92 Å². The zero-order chi connectivity index (χ0) is 12.1. The highest BCUT2D eigenvalue weighted by molar-refractivity contribution is 5.85. The van der Waals surface area contributed by atoms with Crippen LogP contribution in [-0.2, 0) is 0 Å². The molecule has 106 valence electrons. The average molecular weight is 266 g/mol. The monoisotopic (exact) mass is 265 g/mol. The second-order valence-electron chi connectivity index (χ2n) is 4.73. The fraction of sp³-hybridized carbons (Fsp3) is 1.00. The average Bonchev–Trinajstić information content (AvgIpc) is 2.31. The van der Waals surface area contributed by atoms with Crippen molar-refractivity contribution in [3.63, 3.8) is 0 Å². The van der Waals surface area contributed by atoms with Crippen molar-refractivity contribution in [3.05, 3.63) is 0 Å². The van der Waals surface area contributed by atoms with Gasteiger partial charge in [-0.05, 0) is 6.42 Å². The maximum atomic E-state index is 9.21. The molecule has 0 saturated carbocycles. The van der Waals surface area contributed by atoms with Crippen LogP contribution in [0.5, 0.6) is 0 Å². The molecule has 0 spiro atoms. The van der Waals surface area contributed by atoms with E-state index in [0.29, 0.717) is 0 Å². The summed E-state index contributed by atoms with van der Waals surface area (Å²) in [7, 11) is 0. The Bertz CT molecular complexity index is 133. The van der Waals surface area contributed by atoms with Crippen molar-refractivity contribution in [2.24, 2.45) is 0 Å². The maximum Gasteiger partial charge on any atom is 0.0238 e. The van der Waals surface area contributed by atoms with E-state index in [2.05, 4.69) is 6.92 Å². The molecule has 0 atom stereocenters. The van der Waals surface area contributed by atoms with Crippen molar-refractivity contribution in [1.82, 2.24) is 5.06 Å². The van der Waals surface area contributed by atoms with Gasteiger partial charge >= 0.3 is 0 Å². The molecular weight excluding hydrogens is 234 g/mol. The number of hydrogen-bond donors (Lipinski definition) is 1. The van der Waals surface area contributed by atoms with Gasteiger partial charge in [-0.1, -0.05) is 71.6 Å². The van der Waals surface area contributed by atoms with Gasteiger partial charge in [-0.2, -0.15) is 5.06 Å². The molecule has 1 N–H and O–H groups in total. The van der Waals surface area contributed by atoms with Crippen molar-refractivity contribution in [2.75, 3.05) is 13.1 Å². The summed E-state index contributed by atoms with van der Waals surface area (Å²) in [4.78, 5) is 0. The molecule has 0 amide bonds. The van der Waals surface area contributed by atoms with Crippen molar-refractivity contribution in [3.8, 4) is 0 Å². The highest BCUT2D eigenvalue weighted by Gasteiger charge is 1.96. The molecule has 0 aliphatic rings. The number of hydroxylamine groups is 2. The topological polar surface area (TPSA) is 23.5 Å². The predicted octanol–water partition coefficient (Wildman–Crippen LogP) is 5.04. The van der Waals surface area contributed by atoms with Crippen molar-refractivity contribution >= 4 is 12.4 Å². The second-order valence-corrected chi connectivity index (χ2v) is 4.73. The Labute approximate surface area is 114 Å². The van der Waals surface area contributed by atoms with Crippen molar-refractivity contribution < 1.29 is 5.21 Å². The van der Waals surface area contributed by atoms with Gasteiger partial charge in [0.15, 0.2) is 0 Å². The number of hydrogen-bond acceptors (Lipinski definition) is 2. The highest BCUT2D eigenvalue weighted by atomic mass is 35.5. The fourth-order valence-electron chi connectivity index (χ4n) is 1.94. The van der Waals surface area contributed by atoms with Crippen LogP contribution in [0.3, 0.4) is 0 Å². The lowest BCUT2D eigenvalue weighted by Gasteiger charge is -2.10. The molecule has 0 heterocycles. The number of unbranched alkanes of at least 4 members (excludes halogenated alkanes) is 9. The molecular formula is C14H32ClNO. The van der Waals surface area contributed by atoms with Crippen LogP contribution in [0.15, 0.2) is 0 Å². The molecule has 3 heteroatoms. The predicted molar refractivity (Wildman–Crippen MR) is 78.1 cm³/mol. The Balaban J connectivity index is 0. The Morgan fingerprint density at radius 2 is 1.12 bits per heavy atom. The van der Waals surface area contributed by atoms with Crippen LogP contribution >= 0.6 is 12.4 Å². The summed E-state index contributed by atoms with van der Waals surface area (Å²) < 4.78 is 0. The number of rotatable bonds is 12. The molecule has 0 fully saturated rings. The second kappa shape index (κ2) is 16.2. The molecule has 2 nitrogen and oxygen atoms in total. The first-order valence-corrected chi connectivity index (χ1v) is 7.25. The van der Waals surface area contributed by atoms with Gasteiger partial charge in [0.1, 0.15) is 0 Å². The normalized spacial score (nSPS) is 10.6. The van der Waals surface area contributed by atoms with Crippen molar-refractivity contribution in [2.45, 2.75) is 78.1 Å². The molecule has 0 radical (unpaired) electrons. The molecule has 0 aromatic rings. The lowest BCUT2D eigenvalue weighted by atomic mass is 10.1. The molecule has 0 aromatic heterocycles. The molecule has 0 bridgehead atoms. The van der Waals surface area contributed by atoms with Gasteiger partial charge in [-0.3, -0.25) is 0 Å². The van der Waals surface area contributed by atoms with E-state index in [1.54, 1.807) is 0 Å². The molecule has 0 unspecified atom stereocenters. The summed E-state index contributed by atoms with van der Waals surface area (Å²) in [6.07, 6.45) is 13.5. The summed E-state index contributed by atoms with van der Waals surface area (Å²) in [6, 6.07) is 0. The Morgan fingerprint density at radius 3 is 1.53 bits per heavy atom. The summed E-state index contributed by atoms with van der Waals surface area (Å²) in [5.74, 6) is 0. The number of halogens is 1. The van der Waals surface area contributed by atoms with Crippen LogP contribution in [0, 0.1) is 0 Å². The Kier molecular flexibility index (Phi) is 18.6. The van der Waals surface area contributed by atoms with E-state index in [1.165, 1.54) is 62.9 Å². The summed E-state index contributed by atoms with van der Waals surface area (Å²) in [5, 5.41) is 10.6. The third-order valence-electron chi connectivity index (χ3n) is 3.13. The quantitative estimate of drug-likeness (QED) is 0.395. The summed E-state index contributed by atoms with van der Waals surface area (Å²) in [5.41, 5.74) is 0. The smallest absolute Gasteiger partial charge is 0.0238 e. The minimum Gasteiger partial charge on any atom is -0.314 e.